The molecule has 0 unspecified atom stereocenters. The summed E-state index contributed by atoms with van der Waals surface area (Å²) >= 11 is 0. The number of ketones is 1. The van der Waals surface area contributed by atoms with Crippen molar-refractivity contribution in [3.63, 3.8) is 0 Å². The average Bonchev–Trinajstić information content (AvgIpc) is 2.80. The molecular weight excluding hydrogens is 262 g/mol. The summed E-state index contributed by atoms with van der Waals surface area (Å²) in [6.45, 7) is 11.1. The molecule has 3 heteroatoms. The van der Waals surface area contributed by atoms with Gasteiger partial charge in [-0.05, 0) is 17.9 Å². The summed E-state index contributed by atoms with van der Waals surface area (Å²) in [6, 6.07) is 7.70. The van der Waals surface area contributed by atoms with Crippen LogP contribution in [-0.2, 0) is 0 Å². The first-order valence-electron chi connectivity index (χ1n) is 7.69. The molecular formula is C18H25NO2. The van der Waals surface area contributed by atoms with Gasteiger partial charge in [-0.25, -0.2) is 0 Å². The zero-order valence-corrected chi connectivity index (χ0v) is 13.4. The Balaban J connectivity index is 2.14. The van der Waals surface area contributed by atoms with Crippen LogP contribution in [0.25, 0.3) is 11.0 Å². The standard InChI is InChI=1S/C18H25NO2/c1-13(2)9-19(10-14(3)4)11-17(20)16-12-21-18-8-6-5-7-15(16)18/h5-8,12-14H,9-11H2,1-4H3. The van der Waals surface area contributed by atoms with Crippen LogP contribution in [0.4, 0.5) is 0 Å². The van der Waals surface area contributed by atoms with E-state index < -0.39 is 0 Å². The minimum atomic E-state index is 0.140. The highest BCUT2D eigenvalue weighted by Gasteiger charge is 2.18. The van der Waals surface area contributed by atoms with Gasteiger partial charge in [-0.2, -0.15) is 0 Å². The Kier molecular flexibility index (Phi) is 5.18. The molecule has 0 amide bonds. The van der Waals surface area contributed by atoms with Crippen molar-refractivity contribution in [2.75, 3.05) is 19.6 Å². The molecule has 0 N–H and O–H groups in total. The molecule has 0 fully saturated rings. The van der Waals surface area contributed by atoms with E-state index in [-0.39, 0.29) is 5.78 Å². The van der Waals surface area contributed by atoms with Crippen LogP contribution in [0, 0.1) is 11.8 Å². The van der Waals surface area contributed by atoms with E-state index in [1.807, 2.05) is 24.3 Å². The lowest BCUT2D eigenvalue weighted by Gasteiger charge is -2.25. The molecule has 1 aromatic heterocycles. The van der Waals surface area contributed by atoms with Crippen LogP contribution in [0.2, 0.25) is 0 Å². The predicted molar refractivity (Wildman–Crippen MR) is 86.7 cm³/mol. The van der Waals surface area contributed by atoms with E-state index >= 15 is 0 Å². The molecule has 0 aliphatic rings. The number of benzene rings is 1. The molecule has 0 saturated heterocycles. The fourth-order valence-electron chi connectivity index (χ4n) is 2.72. The number of Topliss-reactive ketones (excluding diaryl/α,β-unsaturated/α-hetero) is 1. The number of carbonyl (C=O) groups excluding carboxylic acids is 1. The topological polar surface area (TPSA) is 33.5 Å². The third-order valence-electron chi connectivity index (χ3n) is 3.40. The molecule has 2 rings (SSSR count). The quantitative estimate of drug-likeness (QED) is 0.715. The van der Waals surface area contributed by atoms with Crippen molar-refractivity contribution in [2.45, 2.75) is 27.7 Å². The Morgan fingerprint density at radius 2 is 1.71 bits per heavy atom. The highest BCUT2D eigenvalue weighted by Crippen LogP contribution is 2.21. The highest BCUT2D eigenvalue weighted by atomic mass is 16.3. The van der Waals surface area contributed by atoms with Crippen LogP contribution in [-0.4, -0.2) is 30.3 Å². The average molecular weight is 287 g/mol. The maximum Gasteiger partial charge on any atom is 0.180 e. The first-order chi connectivity index (χ1) is 9.97. The van der Waals surface area contributed by atoms with E-state index in [4.69, 9.17) is 4.42 Å². The maximum absolute atomic E-state index is 12.6. The van der Waals surface area contributed by atoms with Crippen molar-refractivity contribution < 1.29 is 9.21 Å². The summed E-state index contributed by atoms with van der Waals surface area (Å²) < 4.78 is 5.47. The first kappa shape index (κ1) is 15.8. The van der Waals surface area contributed by atoms with Gasteiger partial charge in [-0.1, -0.05) is 45.9 Å². The van der Waals surface area contributed by atoms with Gasteiger partial charge >= 0.3 is 0 Å². The maximum atomic E-state index is 12.6. The van der Waals surface area contributed by atoms with E-state index in [0.717, 1.165) is 24.1 Å². The van der Waals surface area contributed by atoms with Gasteiger partial charge < -0.3 is 4.42 Å². The van der Waals surface area contributed by atoms with Crippen molar-refractivity contribution in [1.82, 2.24) is 4.90 Å². The smallest absolute Gasteiger partial charge is 0.180 e. The summed E-state index contributed by atoms with van der Waals surface area (Å²) in [7, 11) is 0. The molecule has 1 heterocycles. The third kappa shape index (κ3) is 4.18. The first-order valence-corrected chi connectivity index (χ1v) is 7.69. The van der Waals surface area contributed by atoms with Gasteiger partial charge in [-0.3, -0.25) is 9.69 Å². The van der Waals surface area contributed by atoms with Gasteiger partial charge in [0, 0.05) is 18.5 Å². The second-order valence-electron chi connectivity index (χ2n) is 6.55. The lowest BCUT2D eigenvalue weighted by atomic mass is 10.1. The lowest BCUT2D eigenvalue weighted by Crippen LogP contribution is -2.35. The fourth-order valence-corrected chi connectivity index (χ4v) is 2.72. The SMILES string of the molecule is CC(C)CN(CC(=O)c1coc2ccccc12)CC(C)C. The summed E-state index contributed by atoms with van der Waals surface area (Å²) in [6.07, 6.45) is 1.59. The number of rotatable bonds is 7. The fraction of sp³-hybridized carbons (Fsp3) is 0.500. The molecule has 2 aromatic rings. The summed E-state index contributed by atoms with van der Waals surface area (Å²) in [5, 5.41) is 0.913. The van der Waals surface area contributed by atoms with Gasteiger partial charge in [0.25, 0.3) is 0 Å². The number of nitrogens with zero attached hydrogens (tertiary/aromatic N) is 1. The Morgan fingerprint density at radius 1 is 1.10 bits per heavy atom. The Labute approximate surface area is 126 Å². The molecule has 0 aliphatic carbocycles. The van der Waals surface area contributed by atoms with E-state index in [1.165, 1.54) is 0 Å². The number of hydrogen-bond acceptors (Lipinski definition) is 3. The zero-order chi connectivity index (χ0) is 15.4. The van der Waals surface area contributed by atoms with Crippen molar-refractivity contribution >= 4 is 16.8 Å². The Hall–Kier alpha value is -1.61. The van der Waals surface area contributed by atoms with Gasteiger partial charge in [0.1, 0.15) is 11.8 Å². The molecule has 0 aliphatic heterocycles. The summed E-state index contributed by atoms with van der Waals surface area (Å²) in [4.78, 5) is 14.8. The van der Waals surface area contributed by atoms with Gasteiger partial charge in [-0.15, -0.1) is 0 Å². The van der Waals surface area contributed by atoms with Gasteiger partial charge in [0.15, 0.2) is 5.78 Å². The van der Waals surface area contributed by atoms with Crippen molar-refractivity contribution in [1.29, 1.82) is 0 Å². The number of furan rings is 1. The lowest BCUT2D eigenvalue weighted by molar-refractivity contribution is 0.0913. The summed E-state index contributed by atoms with van der Waals surface area (Å²) in [5.41, 5.74) is 1.48. The molecule has 1 aromatic carbocycles. The van der Waals surface area contributed by atoms with Crippen LogP contribution >= 0.6 is 0 Å². The van der Waals surface area contributed by atoms with Crippen LogP contribution in [0.3, 0.4) is 0 Å². The molecule has 0 radical (unpaired) electrons. The molecule has 3 nitrogen and oxygen atoms in total. The molecule has 114 valence electrons. The normalized spacial score (nSPS) is 12.0. The van der Waals surface area contributed by atoms with Gasteiger partial charge in [0.05, 0.1) is 12.1 Å². The highest BCUT2D eigenvalue weighted by molar-refractivity contribution is 6.08. The summed E-state index contributed by atoms with van der Waals surface area (Å²) in [5.74, 6) is 1.25. The Morgan fingerprint density at radius 3 is 2.33 bits per heavy atom. The van der Waals surface area contributed by atoms with E-state index in [2.05, 4.69) is 32.6 Å². The molecule has 0 atom stereocenters. The second kappa shape index (κ2) is 6.90. The van der Waals surface area contributed by atoms with Crippen molar-refractivity contribution in [3.8, 4) is 0 Å². The van der Waals surface area contributed by atoms with E-state index in [0.29, 0.717) is 23.9 Å². The molecule has 0 saturated carbocycles. The number of carbonyl (C=O) groups is 1. The van der Waals surface area contributed by atoms with Crippen molar-refractivity contribution in [2.24, 2.45) is 11.8 Å². The van der Waals surface area contributed by atoms with E-state index in [1.54, 1.807) is 6.26 Å². The third-order valence-corrected chi connectivity index (χ3v) is 3.40. The zero-order valence-electron chi connectivity index (χ0n) is 13.4. The second-order valence-corrected chi connectivity index (χ2v) is 6.55. The largest absolute Gasteiger partial charge is 0.464 e. The van der Waals surface area contributed by atoms with E-state index in [9.17, 15) is 4.79 Å². The van der Waals surface area contributed by atoms with Crippen LogP contribution < -0.4 is 0 Å². The molecule has 0 bridgehead atoms. The minimum Gasteiger partial charge on any atom is -0.464 e. The van der Waals surface area contributed by atoms with Crippen LogP contribution in [0.5, 0.6) is 0 Å². The number of fused-ring (bicyclic) bond motifs is 1. The van der Waals surface area contributed by atoms with Crippen molar-refractivity contribution in [3.05, 3.63) is 36.1 Å². The van der Waals surface area contributed by atoms with Crippen LogP contribution in [0.15, 0.2) is 34.9 Å². The number of para-hydroxylation sites is 1. The molecule has 0 spiro atoms. The minimum absolute atomic E-state index is 0.140. The van der Waals surface area contributed by atoms with Crippen LogP contribution in [0.1, 0.15) is 38.1 Å². The monoisotopic (exact) mass is 287 g/mol. The number of hydrogen-bond donors (Lipinski definition) is 0. The predicted octanol–water partition coefficient (Wildman–Crippen LogP) is 4.23. The molecule has 21 heavy (non-hydrogen) atoms. The Bertz CT molecular complexity index is 588. The van der Waals surface area contributed by atoms with Gasteiger partial charge in [0.2, 0.25) is 0 Å².